The molecule has 0 unspecified atom stereocenters. The molecule has 3 rings (SSSR count). The lowest BCUT2D eigenvalue weighted by molar-refractivity contribution is 0.222. The molecule has 10 heteroatoms. The fourth-order valence-corrected chi connectivity index (χ4v) is 7.05. The predicted molar refractivity (Wildman–Crippen MR) is 115 cm³/mol. The number of nitrogens with zero attached hydrogens (tertiary/aromatic N) is 1. The SMILES string of the molecule is C[C@@H]1C[C@H](C)CN(S(=O)(=O)c2ccc(NS(=O)(=O)c3cccc(Cl)c3Cl)cc2)C1. The number of hydrogen-bond acceptors (Lipinski definition) is 4. The van der Waals surface area contributed by atoms with Crippen LogP contribution in [0.3, 0.4) is 0 Å². The van der Waals surface area contributed by atoms with Gasteiger partial charge in [0.15, 0.2) is 0 Å². The van der Waals surface area contributed by atoms with Crippen LogP contribution in [0.5, 0.6) is 0 Å². The van der Waals surface area contributed by atoms with Crippen LogP contribution >= 0.6 is 23.2 Å². The molecule has 1 aliphatic rings. The van der Waals surface area contributed by atoms with E-state index in [1.54, 1.807) is 0 Å². The summed E-state index contributed by atoms with van der Waals surface area (Å²) < 4.78 is 55.0. The van der Waals surface area contributed by atoms with Gasteiger partial charge in [0.25, 0.3) is 10.0 Å². The predicted octanol–water partition coefficient (Wildman–Crippen LogP) is 4.46. The highest BCUT2D eigenvalue weighted by molar-refractivity contribution is 7.92. The fourth-order valence-electron chi connectivity index (χ4n) is 3.55. The van der Waals surface area contributed by atoms with Crippen LogP contribution in [0.15, 0.2) is 52.3 Å². The smallest absolute Gasteiger partial charge is 0.263 e. The molecule has 2 aromatic carbocycles. The van der Waals surface area contributed by atoms with Crippen molar-refractivity contribution in [1.29, 1.82) is 0 Å². The monoisotopic (exact) mass is 476 g/mol. The third-order valence-electron chi connectivity index (χ3n) is 4.79. The van der Waals surface area contributed by atoms with Crippen molar-refractivity contribution in [2.24, 2.45) is 11.8 Å². The first-order valence-electron chi connectivity index (χ1n) is 9.08. The minimum absolute atomic E-state index is 0.0748. The summed E-state index contributed by atoms with van der Waals surface area (Å²) in [7, 11) is -7.61. The van der Waals surface area contributed by atoms with Gasteiger partial charge in [0.05, 0.1) is 14.9 Å². The molecule has 0 saturated carbocycles. The molecule has 0 amide bonds. The van der Waals surface area contributed by atoms with E-state index in [1.165, 1.54) is 46.8 Å². The largest absolute Gasteiger partial charge is 0.280 e. The van der Waals surface area contributed by atoms with Crippen molar-refractivity contribution in [1.82, 2.24) is 4.31 Å². The summed E-state index contributed by atoms with van der Waals surface area (Å²) in [6, 6.07) is 9.95. The Hall–Kier alpha value is -1.32. The Balaban J connectivity index is 1.82. The van der Waals surface area contributed by atoms with Crippen LogP contribution in [-0.2, 0) is 20.0 Å². The molecule has 1 saturated heterocycles. The van der Waals surface area contributed by atoms with E-state index < -0.39 is 20.0 Å². The van der Waals surface area contributed by atoms with E-state index in [4.69, 9.17) is 23.2 Å². The fraction of sp³-hybridized carbons (Fsp3) is 0.368. The standard InChI is InChI=1S/C19H22Cl2N2O4S2/c1-13-10-14(2)12-23(11-13)29(26,27)16-8-6-15(7-9-16)22-28(24,25)18-5-3-4-17(20)19(18)21/h3-9,13-14,22H,10-12H2,1-2H3/t13-,14+. The zero-order valence-electron chi connectivity index (χ0n) is 16.0. The van der Waals surface area contributed by atoms with Crippen LogP contribution in [0.25, 0.3) is 0 Å². The van der Waals surface area contributed by atoms with E-state index in [2.05, 4.69) is 4.72 Å². The minimum atomic E-state index is -3.98. The number of halogens is 2. The van der Waals surface area contributed by atoms with Gasteiger partial charge in [-0.15, -0.1) is 0 Å². The van der Waals surface area contributed by atoms with Gasteiger partial charge < -0.3 is 0 Å². The van der Waals surface area contributed by atoms with Crippen LogP contribution in [0.4, 0.5) is 5.69 Å². The average molecular weight is 477 g/mol. The lowest BCUT2D eigenvalue weighted by Crippen LogP contribution is -2.42. The minimum Gasteiger partial charge on any atom is -0.280 e. The van der Waals surface area contributed by atoms with Crippen molar-refractivity contribution in [2.75, 3.05) is 17.8 Å². The van der Waals surface area contributed by atoms with Crippen LogP contribution in [0.2, 0.25) is 10.0 Å². The zero-order valence-corrected chi connectivity index (χ0v) is 19.1. The molecule has 6 nitrogen and oxygen atoms in total. The van der Waals surface area contributed by atoms with Gasteiger partial charge in [0.1, 0.15) is 4.90 Å². The number of sulfonamides is 2. The van der Waals surface area contributed by atoms with Crippen molar-refractivity contribution in [2.45, 2.75) is 30.1 Å². The molecule has 2 atom stereocenters. The molecular formula is C19H22Cl2N2O4S2. The normalized spacial score (nSPS) is 21.1. The highest BCUT2D eigenvalue weighted by atomic mass is 35.5. The molecular weight excluding hydrogens is 455 g/mol. The second-order valence-electron chi connectivity index (χ2n) is 7.45. The number of rotatable bonds is 5. The van der Waals surface area contributed by atoms with Gasteiger partial charge in [0.2, 0.25) is 10.0 Å². The van der Waals surface area contributed by atoms with Crippen molar-refractivity contribution < 1.29 is 16.8 Å². The Kier molecular flexibility index (Phi) is 6.50. The number of benzene rings is 2. The van der Waals surface area contributed by atoms with Gasteiger partial charge in [-0.1, -0.05) is 43.1 Å². The van der Waals surface area contributed by atoms with Crippen LogP contribution in [0.1, 0.15) is 20.3 Å². The van der Waals surface area contributed by atoms with Crippen molar-refractivity contribution >= 4 is 48.9 Å². The van der Waals surface area contributed by atoms with E-state index in [0.29, 0.717) is 24.9 Å². The Labute approximate surface area is 181 Å². The summed E-state index contributed by atoms with van der Waals surface area (Å²) in [5.41, 5.74) is 0.223. The lowest BCUT2D eigenvalue weighted by atomic mass is 9.94. The maximum Gasteiger partial charge on any atom is 0.263 e. The maximum atomic E-state index is 12.9. The topological polar surface area (TPSA) is 83.6 Å². The Bertz CT molecular complexity index is 1090. The highest BCUT2D eigenvalue weighted by Crippen LogP contribution is 2.31. The van der Waals surface area contributed by atoms with Gasteiger partial charge in [-0.25, -0.2) is 16.8 Å². The summed E-state index contributed by atoms with van der Waals surface area (Å²) in [4.78, 5) is -0.0257. The molecule has 2 aromatic rings. The highest BCUT2D eigenvalue weighted by Gasteiger charge is 2.31. The maximum absolute atomic E-state index is 12.9. The summed E-state index contributed by atoms with van der Waals surface area (Å²) in [6.07, 6.45) is 0.999. The van der Waals surface area contributed by atoms with Gasteiger partial charge in [-0.3, -0.25) is 4.72 Å². The first kappa shape index (κ1) is 22.4. The van der Waals surface area contributed by atoms with Crippen LogP contribution in [-0.4, -0.2) is 34.2 Å². The molecule has 1 heterocycles. The summed E-state index contributed by atoms with van der Waals surface area (Å²) in [5.74, 6) is 0.587. The third kappa shape index (κ3) is 4.88. The van der Waals surface area contributed by atoms with Crippen LogP contribution < -0.4 is 4.72 Å². The first-order chi connectivity index (χ1) is 13.5. The van der Waals surface area contributed by atoms with E-state index in [9.17, 15) is 16.8 Å². The lowest BCUT2D eigenvalue weighted by Gasteiger charge is -2.34. The van der Waals surface area contributed by atoms with E-state index in [-0.39, 0.29) is 25.5 Å². The molecule has 0 bridgehead atoms. The number of anilines is 1. The van der Waals surface area contributed by atoms with Gasteiger partial charge in [-0.05, 0) is 54.7 Å². The molecule has 1 aliphatic heterocycles. The second-order valence-corrected chi connectivity index (χ2v) is 11.8. The molecule has 0 aliphatic carbocycles. The van der Waals surface area contributed by atoms with Crippen LogP contribution in [0, 0.1) is 11.8 Å². The first-order valence-corrected chi connectivity index (χ1v) is 12.8. The molecule has 1 fully saturated rings. The Morgan fingerprint density at radius 2 is 1.52 bits per heavy atom. The second kappa shape index (κ2) is 8.43. The van der Waals surface area contributed by atoms with Crippen molar-refractivity contribution in [3.63, 3.8) is 0 Å². The van der Waals surface area contributed by atoms with Gasteiger partial charge >= 0.3 is 0 Å². The molecule has 0 radical (unpaired) electrons. The Morgan fingerprint density at radius 3 is 2.10 bits per heavy atom. The zero-order chi connectivity index (χ0) is 21.4. The summed E-state index contributed by atoms with van der Waals surface area (Å²) in [6.45, 7) is 5.04. The van der Waals surface area contributed by atoms with E-state index in [0.717, 1.165) is 6.42 Å². The molecule has 158 valence electrons. The number of hydrogen-bond donors (Lipinski definition) is 1. The molecule has 1 N–H and O–H groups in total. The van der Waals surface area contributed by atoms with E-state index in [1.807, 2.05) is 13.8 Å². The Morgan fingerprint density at radius 1 is 0.931 bits per heavy atom. The third-order valence-corrected chi connectivity index (χ3v) is 8.99. The molecule has 0 spiro atoms. The summed E-state index contributed by atoms with van der Waals surface area (Å²) in [5, 5.41) is 0.0511. The quantitative estimate of drug-likeness (QED) is 0.689. The number of piperidine rings is 1. The van der Waals surface area contributed by atoms with E-state index >= 15 is 0 Å². The van der Waals surface area contributed by atoms with Gasteiger partial charge in [0, 0.05) is 18.8 Å². The summed E-state index contributed by atoms with van der Waals surface area (Å²) >= 11 is 11.9. The number of nitrogens with one attached hydrogen (secondary N) is 1. The van der Waals surface area contributed by atoms with Gasteiger partial charge in [-0.2, -0.15) is 4.31 Å². The molecule has 0 aromatic heterocycles. The van der Waals surface area contributed by atoms with Crippen molar-refractivity contribution in [3.05, 3.63) is 52.5 Å². The van der Waals surface area contributed by atoms with Crippen molar-refractivity contribution in [3.8, 4) is 0 Å². The molecule has 29 heavy (non-hydrogen) atoms. The average Bonchev–Trinajstić information content (AvgIpc) is 2.63.